The van der Waals surface area contributed by atoms with Crippen LogP contribution >= 0.6 is 0 Å². The largest absolute Gasteiger partial charge is 0.497 e. The zero-order valence-electron chi connectivity index (χ0n) is 15.8. The fourth-order valence-corrected chi connectivity index (χ4v) is 3.75. The van der Waals surface area contributed by atoms with Crippen LogP contribution in [0.15, 0.2) is 94.2 Å². The molecule has 0 saturated heterocycles. The molecule has 0 fully saturated rings. The van der Waals surface area contributed by atoms with Crippen molar-refractivity contribution in [3.8, 4) is 11.5 Å². The van der Waals surface area contributed by atoms with Gasteiger partial charge in [-0.1, -0.05) is 54.6 Å². The molecule has 1 aromatic heterocycles. The number of fused-ring (bicyclic) bond motifs is 3. The summed E-state index contributed by atoms with van der Waals surface area (Å²) in [6.45, 7) is 0. The molecule has 0 unspecified atom stereocenters. The molecule has 0 saturated carbocycles. The van der Waals surface area contributed by atoms with Crippen molar-refractivity contribution in [3.63, 3.8) is 0 Å². The number of hydrogen-bond acceptors (Lipinski definition) is 4. The fraction of sp³-hybridized carbons (Fsp3) is 0.0800. The van der Waals surface area contributed by atoms with E-state index in [0.717, 1.165) is 22.3 Å². The number of ether oxygens (including phenoxy) is 2. The van der Waals surface area contributed by atoms with Gasteiger partial charge in [0.25, 0.3) is 0 Å². The van der Waals surface area contributed by atoms with E-state index in [1.165, 1.54) is 0 Å². The summed E-state index contributed by atoms with van der Waals surface area (Å²) in [5.74, 6) is 1.67. The van der Waals surface area contributed by atoms with Gasteiger partial charge in [0, 0.05) is 11.5 Å². The predicted molar refractivity (Wildman–Crippen MR) is 112 cm³/mol. The van der Waals surface area contributed by atoms with Crippen LogP contribution in [-0.2, 0) is 0 Å². The van der Waals surface area contributed by atoms with Crippen molar-refractivity contribution < 1.29 is 13.9 Å². The molecule has 0 amide bonds. The van der Waals surface area contributed by atoms with Gasteiger partial charge in [0.15, 0.2) is 0 Å². The molecule has 4 aromatic rings. The van der Waals surface area contributed by atoms with Crippen molar-refractivity contribution in [3.05, 3.63) is 112 Å². The Morgan fingerprint density at radius 1 is 0.897 bits per heavy atom. The van der Waals surface area contributed by atoms with E-state index in [1.807, 2.05) is 78.9 Å². The highest BCUT2D eigenvalue weighted by Gasteiger charge is 2.30. The van der Waals surface area contributed by atoms with Crippen LogP contribution in [0.3, 0.4) is 0 Å². The molecular weight excluding hydrogens is 364 g/mol. The first kappa shape index (κ1) is 17.3. The van der Waals surface area contributed by atoms with E-state index in [9.17, 15) is 4.79 Å². The molecule has 3 aromatic carbocycles. The monoisotopic (exact) mass is 382 g/mol. The molecule has 2 heterocycles. The summed E-state index contributed by atoms with van der Waals surface area (Å²) in [4.78, 5) is 13.0. The number of benzene rings is 3. The molecule has 1 aliphatic heterocycles. The van der Waals surface area contributed by atoms with E-state index in [1.54, 1.807) is 13.2 Å². The molecule has 1 aliphatic rings. The Labute approximate surface area is 167 Å². The van der Waals surface area contributed by atoms with Gasteiger partial charge >= 0.3 is 5.63 Å². The van der Waals surface area contributed by atoms with Gasteiger partial charge in [0.1, 0.15) is 22.8 Å². The van der Waals surface area contributed by atoms with Crippen molar-refractivity contribution in [1.82, 2.24) is 0 Å². The lowest BCUT2D eigenvalue weighted by Gasteiger charge is -2.25. The molecule has 0 radical (unpaired) electrons. The Bertz CT molecular complexity index is 1290. The Morgan fingerprint density at radius 3 is 2.52 bits per heavy atom. The Hall–Kier alpha value is -3.79. The van der Waals surface area contributed by atoms with Crippen LogP contribution in [0.2, 0.25) is 0 Å². The molecule has 4 nitrogen and oxygen atoms in total. The molecule has 0 N–H and O–H groups in total. The van der Waals surface area contributed by atoms with Crippen LogP contribution < -0.4 is 15.1 Å². The minimum atomic E-state index is -0.394. The summed E-state index contributed by atoms with van der Waals surface area (Å²) in [7, 11) is 1.63. The average molecular weight is 382 g/mol. The fourth-order valence-electron chi connectivity index (χ4n) is 3.75. The highest BCUT2D eigenvalue weighted by molar-refractivity contribution is 5.87. The summed E-state index contributed by atoms with van der Waals surface area (Å²) in [5.41, 5.74) is 2.50. The summed E-state index contributed by atoms with van der Waals surface area (Å²) in [5, 5.41) is 0.775. The van der Waals surface area contributed by atoms with E-state index >= 15 is 0 Å². The van der Waals surface area contributed by atoms with Crippen LogP contribution in [0.25, 0.3) is 16.7 Å². The molecule has 0 aliphatic carbocycles. The van der Waals surface area contributed by atoms with Gasteiger partial charge < -0.3 is 13.9 Å². The van der Waals surface area contributed by atoms with Gasteiger partial charge in [-0.3, -0.25) is 0 Å². The lowest BCUT2D eigenvalue weighted by molar-refractivity contribution is 0.414. The van der Waals surface area contributed by atoms with E-state index < -0.39 is 5.63 Å². The average Bonchev–Trinajstić information content (AvgIpc) is 2.79. The lowest BCUT2D eigenvalue weighted by Crippen LogP contribution is -2.19. The minimum absolute atomic E-state index is 0.315. The Balaban J connectivity index is 1.79. The maximum atomic E-state index is 13.0. The zero-order chi connectivity index (χ0) is 19.8. The molecule has 0 spiro atoms. The third-order valence-electron chi connectivity index (χ3n) is 5.15. The van der Waals surface area contributed by atoms with Gasteiger partial charge in [-0.15, -0.1) is 0 Å². The Morgan fingerprint density at radius 2 is 1.69 bits per heavy atom. The lowest BCUT2D eigenvalue weighted by atomic mass is 9.88. The van der Waals surface area contributed by atoms with Crippen molar-refractivity contribution in [2.75, 3.05) is 7.11 Å². The van der Waals surface area contributed by atoms with E-state index in [0.29, 0.717) is 22.7 Å². The first-order chi connectivity index (χ1) is 14.2. The number of rotatable bonds is 3. The quantitative estimate of drug-likeness (QED) is 0.447. The van der Waals surface area contributed by atoms with Crippen LogP contribution in [0.5, 0.6) is 11.5 Å². The molecule has 1 atom stereocenters. The minimum Gasteiger partial charge on any atom is -0.497 e. The van der Waals surface area contributed by atoms with Crippen molar-refractivity contribution in [2.45, 2.75) is 5.92 Å². The van der Waals surface area contributed by atoms with Gasteiger partial charge in [0.2, 0.25) is 0 Å². The number of methoxy groups -OCH3 is 1. The normalized spacial score (nSPS) is 15.3. The second-order valence-corrected chi connectivity index (χ2v) is 6.88. The molecular formula is C25H18O4. The summed E-state index contributed by atoms with van der Waals surface area (Å²) in [6, 6.07) is 25.0. The van der Waals surface area contributed by atoms with Crippen LogP contribution in [0.4, 0.5) is 0 Å². The topological polar surface area (TPSA) is 48.7 Å². The van der Waals surface area contributed by atoms with Gasteiger partial charge in [-0.25, -0.2) is 4.79 Å². The Kier molecular flexibility index (Phi) is 4.17. The van der Waals surface area contributed by atoms with E-state index in [-0.39, 0.29) is 5.92 Å². The maximum absolute atomic E-state index is 13.0. The molecule has 29 heavy (non-hydrogen) atoms. The second kappa shape index (κ2) is 6.99. The van der Waals surface area contributed by atoms with Gasteiger partial charge in [-0.05, 0) is 35.9 Å². The standard InChI is InChI=1S/C25H18O4/c1-27-18-11-7-10-17(14-18)20-15-22(16-8-3-2-4-9-16)28-24-19-12-5-6-13-21(19)29-25(26)23(20)24/h2-15,20H,1H3/t20-/m0/s1. The third-order valence-corrected chi connectivity index (χ3v) is 5.15. The first-order valence-corrected chi connectivity index (χ1v) is 9.39. The third kappa shape index (κ3) is 2.99. The summed E-state index contributed by atoms with van der Waals surface area (Å²) < 4.78 is 17.3. The van der Waals surface area contributed by atoms with Crippen molar-refractivity contribution in [1.29, 1.82) is 0 Å². The number of allylic oxidation sites excluding steroid dienone is 1. The molecule has 5 rings (SSSR count). The summed E-state index contributed by atoms with van der Waals surface area (Å²) >= 11 is 0. The smallest absolute Gasteiger partial charge is 0.344 e. The highest BCUT2D eigenvalue weighted by atomic mass is 16.5. The van der Waals surface area contributed by atoms with Crippen molar-refractivity contribution >= 4 is 16.7 Å². The SMILES string of the molecule is COc1cccc([C@@H]2C=C(c3ccccc3)Oc3c2c(=O)oc2ccccc32)c1. The van der Waals surface area contributed by atoms with Crippen molar-refractivity contribution in [2.24, 2.45) is 0 Å². The van der Waals surface area contributed by atoms with Gasteiger partial charge in [-0.2, -0.15) is 0 Å². The number of para-hydroxylation sites is 1. The van der Waals surface area contributed by atoms with Crippen LogP contribution in [0.1, 0.15) is 22.6 Å². The molecule has 4 heteroatoms. The van der Waals surface area contributed by atoms with Gasteiger partial charge in [0.05, 0.1) is 18.1 Å². The van der Waals surface area contributed by atoms with E-state index in [4.69, 9.17) is 13.9 Å². The maximum Gasteiger partial charge on any atom is 0.344 e. The molecule has 0 bridgehead atoms. The van der Waals surface area contributed by atoms with Crippen LogP contribution in [0, 0.1) is 0 Å². The van der Waals surface area contributed by atoms with E-state index in [2.05, 4.69) is 0 Å². The second-order valence-electron chi connectivity index (χ2n) is 6.88. The summed E-state index contributed by atoms with van der Waals surface area (Å²) in [6.07, 6.45) is 1.97. The highest BCUT2D eigenvalue weighted by Crippen LogP contribution is 2.43. The first-order valence-electron chi connectivity index (χ1n) is 9.39. The predicted octanol–water partition coefficient (Wildman–Crippen LogP) is 5.37. The van der Waals surface area contributed by atoms with Crippen LogP contribution in [-0.4, -0.2) is 7.11 Å². The zero-order valence-corrected chi connectivity index (χ0v) is 15.8. The number of hydrogen-bond donors (Lipinski definition) is 0. The molecule has 142 valence electrons.